The number of nitrogens with one attached hydrogen (secondary N) is 1. The molecule has 0 radical (unpaired) electrons. The van der Waals surface area contributed by atoms with Gasteiger partial charge in [-0.25, -0.2) is 0 Å². The molecule has 1 aromatic heterocycles. The predicted molar refractivity (Wildman–Crippen MR) is 119 cm³/mol. The largest absolute Gasteiger partial charge is 0.325 e. The fourth-order valence-electron chi connectivity index (χ4n) is 4.84. The standard InChI is InChI=1S/C25H28N4O/c1-17-13-14-19(24-28-27-23-12-3-2-6-15-29(23)24)16-22(17)26-25(30)21-11-7-9-18-8-4-5-10-20(18)21/h4-5,8,10,13-14,16,21H,2-3,6-7,9,11-12,15H2,1H3,(H,26,30). The van der Waals surface area contributed by atoms with E-state index in [1.54, 1.807) is 0 Å². The topological polar surface area (TPSA) is 59.8 Å². The molecule has 2 aliphatic rings. The summed E-state index contributed by atoms with van der Waals surface area (Å²) in [4.78, 5) is 13.2. The summed E-state index contributed by atoms with van der Waals surface area (Å²) in [6.45, 7) is 3.00. The molecule has 5 heteroatoms. The molecule has 0 saturated heterocycles. The lowest BCUT2D eigenvalue weighted by molar-refractivity contribution is -0.117. The van der Waals surface area contributed by atoms with Gasteiger partial charge in [-0.1, -0.05) is 42.8 Å². The molecular formula is C25H28N4O. The van der Waals surface area contributed by atoms with Gasteiger partial charge >= 0.3 is 0 Å². The number of rotatable bonds is 3. The van der Waals surface area contributed by atoms with Gasteiger partial charge in [0.1, 0.15) is 5.82 Å². The van der Waals surface area contributed by atoms with Gasteiger partial charge in [-0.3, -0.25) is 4.79 Å². The predicted octanol–water partition coefficient (Wildman–Crippen LogP) is 5.04. The summed E-state index contributed by atoms with van der Waals surface area (Å²) in [5.74, 6) is 1.99. The van der Waals surface area contributed by atoms with Gasteiger partial charge in [0.05, 0.1) is 5.92 Å². The third kappa shape index (κ3) is 3.53. The van der Waals surface area contributed by atoms with Gasteiger partial charge in [-0.2, -0.15) is 0 Å². The molecule has 30 heavy (non-hydrogen) atoms. The van der Waals surface area contributed by atoms with Gasteiger partial charge in [0.2, 0.25) is 5.91 Å². The number of aryl methyl sites for hydroxylation is 3. The average molecular weight is 401 g/mol. The van der Waals surface area contributed by atoms with E-state index in [1.165, 1.54) is 24.0 Å². The smallest absolute Gasteiger partial charge is 0.231 e. The summed E-state index contributed by atoms with van der Waals surface area (Å²) in [6.07, 6.45) is 7.58. The maximum atomic E-state index is 13.2. The summed E-state index contributed by atoms with van der Waals surface area (Å²) in [6, 6.07) is 14.6. The zero-order chi connectivity index (χ0) is 20.5. The van der Waals surface area contributed by atoms with Gasteiger partial charge in [0.15, 0.2) is 5.82 Å². The van der Waals surface area contributed by atoms with Crippen molar-refractivity contribution >= 4 is 11.6 Å². The van der Waals surface area contributed by atoms with Crippen molar-refractivity contribution in [3.8, 4) is 11.4 Å². The fourth-order valence-corrected chi connectivity index (χ4v) is 4.84. The van der Waals surface area contributed by atoms with E-state index in [-0.39, 0.29) is 11.8 Å². The first-order valence-electron chi connectivity index (χ1n) is 11.1. The van der Waals surface area contributed by atoms with Crippen LogP contribution in [0.2, 0.25) is 0 Å². The number of carbonyl (C=O) groups excluding carboxylic acids is 1. The number of hydrogen-bond acceptors (Lipinski definition) is 3. The minimum atomic E-state index is -0.0811. The molecule has 1 aliphatic heterocycles. The number of aromatic nitrogens is 3. The van der Waals surface area contributed by atoms with Crippen LogP contribution in [0.5, 0.6) is 0 Å². The summed E-state index contributed by atoms with van der Waals surface area (Å²) in [5, 5.41) is 12.1. The molecule has 0 bridgehead atoms. The van der Waals surface area contributed by atoms with E-state index in [2.05, 4.69) is 56.5 Å². The Kier molecular flexibility index (Phi) is 5.11. The number of nitrogens with zero attached hydrogens (tertiary/aromatic N) is 3. The fraction of sp³-hybridized carbons (Fsp3) is 0.400. The molecule has 2 aromatic carbocycles. The van der Waals surface area contributed by atoms with Crippen molar-refractivity contribution < 1.29 is 4.79 Å². The van der Waals surface area contributed by atoms with Crippen LogP contribution >= 0.6 is 0 Å². The molecule has 0 saturated carbocycles. The number of anilines is 1. The van der Waals surface area contributed by atoms with E-state index in [4.69, 9.17) is 0 Å². The van der Waals surface area contributed by atoms with E-state index >= 15 is 0 Å². The molecule has 1 amide bonds. The van der Waals surface area contributed by atoms with Crippen LogP contribution in [0.3, 0.4) is 0 Å². The van der Waals surface area contributed by atoms with Crippen LogP contribution < -0.4 is 5.32 Å². The van der Waals surface area contributed by atoms with Crippen LogP contribution in [0.25, 0.3) is 11.4 Å². The SMILES string of the molecule is Cc1ccc(-c2nnc3n2CCCCC3)cc1NC(=O)C1CCCc2ccccc21. The maximum absolute atomic E-state index is 13.2. The summed E-state index contributed by atoms with van der Waals surface area (Å²) >= 11 is 0. The first-order chi connectivity index (χ1) is 14.7. The first-order valence-corrected chi connectivity index (χ1v) is 11.1. The lowest BCUT2D eigenvalue weighted by atomic mass is 9.82. The minimum absolute atomic E-state index is 0.0811. The van der Waals surface area contributed by atoms with Crippen LogP contribution in [-0.2, 0) is 24.2 Å². The monoisotopic (exact) mass is 400 g/mol. The van der Waals surface area contributed by atoms with E-state index in [9.17, 15) is 4.79 Å². The van der Waals surface area contributed by atoms with Crippen molar-refractivity contribution in [2.75, 3.05) is 5.32 Å². The van der Waals surface area contributed by atoms with E-state index in [1.807, 2.05) is 13.0 Å². The van der Waals surface area contributed by atoms with Crippen LogP contribution in [0.1, 0.15) is 60.5 Å². The highest BCUT2D eigenvalue weighted by Crippen LogP contribution is 2.33. The lowest BCUT2D eigenvalue weighted by Crippen LogP contribution is -2.25. The van der Waals surface area contributed by atoms with Gasteiger partial charge in [-0.05, 0) is 61.8 Å². The maximum Gasteiger partial charge on any atom is 0.231 e. The Morgan fingerprint density at radius 1 is 1.03 bits per heavy atom. The Labute approximate surface area is 177 Å². The van der Waals surface area contributed by atoms with Crippen LogP contribution in [-0.4, -0.2) is 20.7 Å². The van der Waals surface area contributed by atoms with Crippen molar-refractivity contribution in [3.05, 3.63) is 65.0 Å². The highest BCUT2D eigenvalue weighted by Gasteiger charge is 2.26. The molecule has 0 fully saturated rings. The minimum Gasteiger partial charge on any atom is -0.325 e. The Morgan fingerprint density at radius 3 is 2.87 bits per heavy atom. The van der Waals surface area contributed by atoms with Crippen LogP contribution in [0, 0.1) is 6.92 Å². The number of benzene rings is 2. The molecule has 1 N–H and O–H groups in total. The quantitative estimate of drug-likeness (QED) is 0.670. The van der Waals surface area contributed by atoms with Crippen molar-refractivity contribution in [3.63, 3.8) is 0 Å². The number of amides is 1. The zero-order valence-corrected chi connectivity index (χ0v) is 17.5. The molecule has 2 heterocycles. The molecule has 5 nitrogen and oxygen atoms in total. The Bertz CT molecular complexity index is 1080. The normalized spacial score (nSPS) is 18.2. The van der Waals surface area contributed by atoms with Crippen molar-refractivity contribution in [2.24, 2.45) is 0 Å². The second-order valence-electron chi connectivity index (χ2n) is 8.56. The number of carbonyl (C=O) groups is 1. The Morgan fingerprint density at radius 2 is 1.93 bits per heavy atom. The van der Waals surface area contributed by atoms with Crippen molar-refractivity contribution in [2.45, 2.75) is 64.3 Å². The number of fused-ring (bicyclic) bond motifs is 2. The van der Waals surface area contributed by atoms with Crippen molar-refractivity contribution in [1.82, 2.24) is 14.8 Å². The summed E-state index contributed by atoms with van der Waals surface area (Å²) < 4.78 is 2.25. The zero-order valence-electron chi connectivity index (χ0n) is 17.5. The third-order valence-corrected chi connectivity index (χ3v) is 6.55. The van der Waals surface area contributed by atoms with Crippen LogP contribution in [0.4, 0.5) is 5.69 Å². The highest BCUT2D eigenvalue weighted by atomic mass is 16.1. The molecule has 1 aliphatic carbocycles. The molecule has 3 aromatic rings. The molecule has 5 rings (SSSR count). The summed E-state index contributed by atoms with van der Waals surface area (Å²) in [5.41, 5.74) is 5.43. The van der Waals surface area contributed by atoms with E-state index < -0.39 is 0 Å². The van der Waals surface area contributed by atoms with Gasteiger partial charge in [0.25, 0.3) is 0 Å². The highest BCUT2D eigenvalue weighted by molar-refractivity contribution is 5.97. The van der Waals surface area contributed by atoms with Gasteiger partial charge in [0, 0.05) is 24.2 Å². The van der Waals surface area contributed by atoms with Crippen molar-refractivity contribution in [1.29, 1.82) is 0 Å². The van der Waals surface area contributed by atoms with Gasteiger partial charge in [-0.15, -0.1) is 10.2 Å². The molecule has 1 unspecified atom stereocenters. The number of hydrogen-bond donors (Lipinski definition) is 1. The first kappa shape index (κ1) is 19.0. The average Bonchev–Trinajstić information content (AvgIpc) is 3.02. The van der Waals surface area contributed by atoms with E-state index in [0.717, 1.165) is 67.1 Å². The molecular weight excluding hydrogens is 372 g/mol. The molecule has 0 spiro atoms. The Hall–Kier alpha value is -2.95. The lowest BCUT2D eigenvalue weighted by Gasteiger charge is -2.25. The van der Waals surface area contributed by atoms with E-state index in [0.29, 0.717) is 0 Å². The summed E-state index contributed by atoms with van der Waals surface area (Å²) in [7, 11) is 0. The van der Waals surface area contributed by atoms with Crippen LogP contribution in [0.15, 0.2) is 42.5 Å². The Balaban J connectivity index is 1.43. The molecule has 1 atom stereocenters. The molecule has 154 valence electrons. The van der Waals surface area contributed by atoms with Gasteiger partial charge < -0.3 is 9.88 Å². The third-order valence-electron chi connectivity index (χ3n) is 6.55. The second kappa shape index (κ2) is 8.05. The second-order valence-corrected chi connectivity index (χ2v) is 8.56.